The summed E-state index contributed by atoms with van der Waals surface area (Å²) in [5.41, 5.74) is 7.32. The molecule has 2 aromatic rings. The minimum absolute atomic E-state index is 0.696. The van der Waals surface area contributed by atoms with Crippen LogP contribution in [0.5, 0.6) is 0 Å². The van der Waals surface area contributed by atoms with Crippen molar-refractivity contribution < 1.29 is 0 Å². The third-order valence-corrected chi connectivity index (χ3v) is 7.22. The molecule has 2 unspecified atom stereocenters. The number of hydrogen-bond donors (Lipinski definition) is 0. The summed E-state index contributed by atoms with van der Waals surface area (Å²) < 4.78 is 2.33. The Labute approximate surface area is 171 Å². The molecule has 1 aromatic heterocycles. The zero-order chi connectivity index (χ0) is 19.5. The molecule has 28 heavy (non-hydrogen) atoms. The Hall–Kier alpha value is -1.57. The highest BCUT2D eigenvalue weighted by atomic mass is 15.3. The van der Waals surface area contributed by atoms with Crippen LogP contribution in [-0.4, -0.2) is 9.78 Å². The molecule has 1 fully saturated rings. The van der Waals surface area contributed by atoms with Crippen molar-refractivity contribution >= 4 is 0 Å². The minimum atomic E-state index is 0.696. The van der Waals surface area contributed by atoms with Crippen molar-refractivity contribution in [1.82, 2.24) is 9.78 Å². The van der Waals surface area contributed by atoms with E-state index in [9.17, 15) is 0 Å². The van der Waals surface area contributed by atoms with Gasteiger partial charge in [-0.25, -0.2) is 4.68 Å². The summed E-state index contributed by atoms with van der Waals surface area (Å²) in [6.07, 6.45) is 14.2. The SMILES string of the molecule is CCC(C)CCc1nn(-c2ccc(C3CC3)cc2)c2c1C(CC)CCCCC2. The van der Waals surface area contributed by atoms with Gasteiger partial charge in [0, 0.05) is 11.3 Å². The van der Waals surface area contributed by atoms with Gasteiger partial charge in [-0.3, -0.25) is 0 Å². The van der Waals surface area contributed by atoms with E-state index >= 15 is 0 Å². The largest absolute Gasteiger partial charge is 0.237 e. The predicted octanol–water partition coefficient (Wildman–Crippen LogP) is 7.34. The summed E-state index contributed by atoms with van der Waals surface area (Å²) in [5.74, 6) is 2.30. The Morgan fingerprint density at radius 2 is 1.82 bits per heavy atom. The molecule has 0 bridgehead atoms. The first kappa shape index (κ1) is 19.7. The Morgan fingerprint density at radius 1 is 1.04 bits per heavy atom. The maximum absolute atomic E-state index is 5.26. The molecule has 0 N–H and O–H groups in total. The first-order chi connectivity index (χ1) is 13.7. The van der Waals surface area contributed by atoms with Gasteiger partial charge in [0.15, 0.2) is 0 Å². The maximum Gasteiger partial charge on any atom is 0.0666 e. The molecular weight excluding hydrogens is 340 g/mol. The van der Waals surface area contributed by atoms with E-state index in [1.165, 1.54) is 86.8 Å². The number of aryl methyl sites for hydroxylation is 1. The molecule has 0 saturated heterocycles. The Kier molecular flexibility index (Phi) is 6.23. The van der Waals surface area contributed by atoms with E-state index in [-0.39, 0.29) is 0 Å². The van der Waals surface area contributed by atoms with Crippen LogP contribution in [0.4, 0.5) is 0 Å². The minimum Gasteiger partial charge on any atom is -0.237 e. The van der Waals surface area contributed by atoms with Crippen molar-refractivity contribution in [3.05, 3.63) is 46.8 Å². The molecular formula is C26H38N2. The fourth-order valence-corrected chi connectivity index (χ4v) is 4.93. The van der Waals surface area contributed by atoms with Gasteiger partial charge in [0.2, 0.25) is 0 Å². The lowest BCUT2D eigenvalue weighted by molar-refractivity contribution is 0.500. The third-order valence-electron chi connectivity index (χ3n) is 7.22. The van der Waals surface area contributed by atoms with Gasteiger partial charge >= 0.3 is 0 Å². The van der Waals surface area contributed by atoms with Gasteiger partial charge in [-0.15, -0.1) is 0 Å². The fraction of sp³-hybridized carbons (Fsp3) is 0.654. The molecule has 2 aliphatic rings. The summed E-state index contributed by atoms with van der Waals surface area (Å²) in [5, 5.41) is 5.26. The summed E-state index contributed by atoms with van der Waals surface area (Å²) in [6.45, 7) is 7.06. The summed E-state index contributed by atoms with van der Waals surface area (Å²) in [6, 6.07) is 9.33. The summed E-state index contributed by atoms with van der Waals surface area (Å²) in [4.78, 5) is 0. The average Bonchev–Trinajstić information content (AvgIpc) is 3.50. The van der Waals surface area contributed by atoms with Crippen molar-refractivity contribution in [2.45, 2.75) is 103 Å². The van der Waals surface area contributed by atoms with Gasteiger partial charge in [0.05, 0.1) is 11.4 Å². The molecule has 2 nitrogen and oxygen atoms in total. The third kappa shape index (κ3) is 4.21. The van der Waals surface area contributed by atoms with Gasteiger partial charge in [-0.1, -0.05) is 52.2 Å². The van der Waals surface area contributed by atoms with Crippen LogP contribution in [0.2, 0.25) is 0 Å². The van der Waals surface area contributed by atoms with E-state index in [1.54, 1.807) is 5.56 Å². The first-order valence-electron chi connectivity index (χ1n) is 11.9. The number of nitrogens with zero attached hydrogens (tertiary/aromatic N) is 2. The monoisotopic (exact) mass is 378 g/mol. The molecule has 152 valence electrons. The van der Waals surface area contributed by atoms with Crippen molar-refractivity contribution in [1.29, 1.82) is 0 Å². The molecule has 0 aliphatic heterocycles. The molecule has 2 heteroatoms. The van der Waals surface area contributed by atoms with E-state index in [4.69, 9.17) is 5.10 Å². The first-order valence-corrected chi connectivity index (χ1v) is 11.9. The molecule has 4 rings (SSSR count). The predicted molar refractivity (Wildman–Crippen MR) is 119 cm³/mol. The second kappa shape index (κ2) is 8.84. The van der Waals surface area contributed by atoms with Gasteiger partial charge in [0.1, 0.15) is 0 Å². The highest BCUT2D eigenvalue weighted by molar-refractivity contribution is 5.42. The fourth-order valence-electron chi connectivity index (χ4n) is 4.93. The molecule has 1 heterocycles. The number of hydrogen-bond acceptors (Lipinski definition) is 1. The van der Waals surface area contributed by atoms with E-state index in [0.29, 0.717) is 5.92 Å². The van der Waals surface area contributed by atoms with E-state index in [1.807, 2.05) is 0 Å². The Balaban J connectivity index is 1.72. The lowest BCUT2D eigenvalue weighted by Crippen LogP contribution is -2.09. The Bertz CT molecular complexity index is 766. The maximum atomic E-state index is 5.26. The number of benzene rings is 1. The van der Waals surface area contributed by atoms with Gasteiger partial charge in [-0.05, 0) is 86.8 Å². The number of rotatable bonds is 7. The van der Waals surface area contributed by atoms with Gasteiger partial charge in [-0.2, -0.15) is 5.10 Å². The van der Waals surface area contributed by atoms with Crippen molar-refractivity contribution in [2.75, 3.05) is 0 Å². The van der Waals surface area contributed by atoms with E-state index < -0.39 is 0 Å². The second-order valence-corrected chi connectivity index (χ2v) is 9.34. The highest BCUT2D eigenvalue weighted by Crippen LogP contribution is 2.40. The zero-order valence-electron chi connectivity index (χ0n) is 18.2. The molecule has 1 saturated carbocycles. The van der Waals surface area contributed by atoms with Crippen LogP contribution in [0.3, 0.4) is 0 Å². The quantitative estimate of drug-likeness (QED) is 0.493. The average molecular weight is 379 g/mol. The lowest BCUT2D eigenvalue weighted by atomic mass is 9.84. The van der Waals surface area contributed by atoms with Crippen molar-refractivity contribution in [3.8, 4) is 5.69 Å². The van der Waals surface area contributed by atoms with Crippen LogP contribution in [0.25, 0.3) is 5.69 Å². The molecule has 0 radical (unpaired) electrons. The van der Waals surface area contributed by atoms with Crippen molar-refractivity contribution in [3.63, 3.8) is 0 Å². The highest BCUT2D eigenvalue weighted by Gasteiger charge is 2.27. The van der Waals surface area contributed by atoms with Gasteiger partial charge in [0.25, 0.3) is 0 Å². The van der Waals surface area contributed by atoms with Crippen LogP contribution in [0.1, 0.15) is 113 Å². The standard InChI is InChI=1S/C26H38N2/c1-4-19(3)11-18-24-26-20(5-2)9-7-6-8-10-25(26)28(27-24)23-16-14-22(15-17-23)21-12-13-21/h14-17,19-21H,4-13,18H2,1-3H3. The summed E-state index contributed by atoms with van der Waals surface area (Å²) in [7, 11) is 0. The van der Waals surface area contributed by atoms with Crippen LogP contribution in [0.15, 0.2) is 24.3 Å². The Morgan fingerprint density at radius 3 is 2.50 bits per heavy atom. The lowest BCUT2D eigenvalue weighted by Gasteiger charge is -2.21. The zero-order valence-corrected chi connectivity index (χ0v) is 18.2. The van der Waals surface area contributed by atoms with Gasteiger partial charge < -0.3 is 0 Å². The van der Waals surface area contributed by atoms with Crippen LogP contribution in [-0.2, 0) is 12.8 Å². The second-order valence-electron chi connectivity index (χ2n) is 9.34. The number of fused-ring (bicyclic) bond motifs is 1. The molecule has 0 amide bonds. The summed E-state index contributed by atoms with van der Waals surface area (Å²) >= 11 is 0. The molecule has 2 atom stereocenters. The molecule has 2 aliphatic carbocycles. The molecule has 1 aromatic carbocycles. The molecule has 0 spiro atoms. The van der Waals surface area contributed by atoms with Crippen LogP contribution < -0.4 is 0 Å². The number of aromatic nitrogens is 2. The smallest absolute Gasteiger partial charge is 0.0666 e. The van der Waals surface area contributed by atoms with E-state index in [0.717, 1.165) is 18.3 Å². The van der Waals surface area contributed by atoms with Crippen LogP contribution >= 0.6 is 0 Å². The normalized spacial score (nSPS) is 21.0. The topological polar surface area (TPSA) is 17.8 Å². The van der Waals surface area contributed by atoms with Crippen LogP contribution in [0, 0.1) is 5.92 Å². The van der Waals surface area contributed by atoms with E-state index in [2.05, 4.69) is 49.7 Å². The van der Waals surface area contributed by atoms with Crippen molar-refractivity contribution in [2.24, 2.45) is 5.92 Å².